The summed E-state index contributed by atoms with van der Waals surface area (Å²) in [6.07, 6.45) is 0.165. The Bertz CT molecular complexity index is 226. The van der Waals surface area contributed by atoms with Gasteiger partial charge < -0.3 is 9.90 Å². The zero-order valence-electron chi connectivity index (χ0n) is 4.98. The highest BCUT2D eigenvalue weighted by molar-refractivity contribution is 7.92. The maximum atomic E-state index is 10.4. The quantitative estimate of drug-likeness (QED) is 0.523. The molecule has 0 atom stereocenters. The molecule has 0 spiro atoms. The number of aliphatic carboxylic acids is 1. The molecule has 0 heterocycles. The lowest BCUT2D eigenvalue weighted by Gasteiger charge is -1.91. The maximum absolute atomic E-state index is 10.4. The van der Waals surface area contributed by atoms with E-state index in [2.05, 4.69) is 0 Å². The molecule has 0 radical (unpaired) electrons. The summed E-state index contributed by atoms with van der Waals surface area (Å²) in [6.45, 7) is 0. The van der Waals surface area contributed by atoms with E-state index in [1.165, 1.54) is 0 Å². The highest BCUT2D eigenvalue weighted by Crippen LogP contribution is 1.86. The van der Waals surface area contributed by atoms with Gasteiger partial charge in [-0.15, -0.1) is 0 Å². The Labute approximate surface area is 57.6 Å². The van der Waals surface area contributed by atoms with Gasteiger partial charge in [0.2, 0.25) is 0 Å². The molecule has 0 rings (SSSR count). The Morgan fingerprint density at radius 3 is 2.30 bits per heavy atom. The highest BCUT2D eigenvalue weighted by Gasteiger charge is 2.14. The lowest BCUT2D eigenvalue weighted by molar-refractivity contribution is -0.134. The van der Waals surface area contributed by atoms with Crippen LogP contribution in [-0.4, -0.2) is 37.3 Å². The van der Waals surface area contributed by atoms with Crippen LogP contribution >= 0.6 is 0 Å². The van der Waals surface area contributed by atoms with Crippen LogP contribution in [0.3, 0.4) is 0 Å². The molecule has 1 N–H and O–H groups in total. The summed E-state index contributed by atoms with van der Waals surface area (Å²) in [4.78, 5) is 19.4. The van der Waals surface area contributed by atoms with Crippen molar-refractivity contribution < 1.29 is 23.1 Å². The van der Waals surface area contributed by atoms with Crippen LogP contribution in [-0.2, 0) is 19.4 Å². The van der Waals surface area contributed by atoms with Crippen LogP contribution in [0.4, 0.5) is 0 Å². The lowest BCUT2D eigenvalue weighted by Crippen LogP contribution is -2.18. The fraction of sp³-hybridized carbons (Fsp3) is 0.500. The Balaban J connectivity index is 4.14. The van der Waals surface area contributed by atoms with E-state index in [9.17, 15) is 18.0 Å². The molecule has 58 valence electrons. The van der Waals surface area contributed by atoms with E-state index in [4.69, 9.17) is 5.11 Å². The molecule has 0 aliphatic rings. The Morgan fingerprint density at radius 2 is 2.00 bits per heavy atom. The van der Waals surface area contributed by atoms with Crippen LogP contribution in [0.25, 0.3) is 0 Å². The Morgan fingerprint density at radius 1 is 1.50 bits per heavy atom. The van der Waals surface area contributed by atoms with Gasteiger partial charge in [0.15, 0.2) is 9.84 Å². The predicted octanol–water partition coefficient (Wildman–Crippen LogP) is -1.32. The van der Waals surface area contributed by atoms with E-state index in [-0.39, 0.29) is 6.29 Å². The standard InChI is InChI=1S/C4H6O5S/c5-1-2-10(8,9)3-4(6)7/h1H,2-3H2,(H,6,7). The molecule has 0 saturated carbocycles. The maximum Gasteiger partial charge on any atom is 0.318 e. The van der Waals surface area contributed by atoms with E-state index < -0.39 is 27.3 Å². The summed E-state index contributed by atoms with van der Waals surface area (Å²) < 4.78 is 20.9. The molecule has 0 fully saturated rings. The number of carboxylic acid groups (broad SMARTS) is 1. The number of hydrogen-bond donors (Lipinski definition) is 1. The SMILES string of the molecule is O=CCS(=O)(=O)CC(=O)O. The van der Waals surface area contributed by atoms with Crippen LogP contribution < -0.4 is 0 Å². The number of carbonyl (C=O) groups excluding carboxylic acids is 1. The molecule has 0 aromatic heterocycles. The van der Waals surface area contributed by atoms with Crippen LogP contribution in [0.2, 0.25) is 0 Å². The summed E-state index contributed by atoms with van der Waals surface area (Å²) in [6, 6.07) is 0. The van der Waals surface area contributed by atoms with Crippen LogP contribution in [0.15, 0.2) is 0 Å². The number of sulfone groups is 1. The highest BCUT2D eigenvalue weighted by atomic mass is 32.2. The molecule has 0 amide bonds. The summed E-state index contributed by atoms with van der Waals surface area (Å²) in [7, 11) is -3.70. The number of aldehydes is 1. The molecule has 0 saturated heterocycles. The van der Waals surface area contributed by atoms with Gasteiger partial charge in [-0.1, -0.05) is 0 Å². The summed E-state index contributed by atoms with van der Waals surface area (Å²) in [5, 5.41) is 7.98. The molecule has 0 aromatic carbocycles. The fourth-order valence-corrected chi connectivity index (χ4v) is 1.05. The molecular formula is C4H6O5S. The van der Waals surface area contributed by atoms with E-state index >= 15 is 0 Å². The lowest BCUT2D eigenvalue weighted by atomic mass is 10.8. The van der Waals surface area contributed by atoms with Gasteiger partial charge in [-0.3, -0.25) is 4.79 Å². The van der Waals surface area contributed by atoms with Gasteiger partial charge in [-0.05, 0) is 0 Å². The van der Waals surface area contributed by atoms with Gasteiger partial charge in [0.1, 0.15) is 17.8 Å². The van der Waals surface area contributed by atoms with Gasteiger partial charge >= 0.3 is 5.97 Å². The van der Waals surface area contributed by atoms with E-state index in [1.54, 1.807) is 0 Å². The molecule has 0 aliphatic carbocycles. The van der Waals surface area contributed by atoms with Gasteiger partial charge in [0, 0.05) is 0 Å². The Kier molecular flexibility index (Phi) is 3.01. The molecule has 0 bridgehead atoms. The first-order valence-electron chi connectivity index (χ1n) is 2.34. The molecule has 5 nitrogen and oxygen atoms in total. The normalized spacial score (nSPS) is 10.8. The van der Waals surface area contributed by atoms with Gasteiger partial charge in [0.05, 0.1) is 0 Å². The predicted molar refractivity (Wildman–Crippen MR) is 32.4 cm³/mol. The van der Waals surface area contributed by atoms with Gasteiger partial charge in [-0.2, -0.15) is 0 Å². The minimum Gasteiger partial charge on any atom is -0.480 e. The molecule has 10 heavy (non-hydrogen) atoms. The van der Waals surface area contributed by atoms with E-state index in [0.29, 0.717) is 0 Å². The zero-order chi connectivity index (χ0) is 8.20. The second-order valence-electron chi connectivity index (χ2n) is 1.61. The monoisotopic (exact) mass is 166 g/mol. The number of rotatable bonds is 4. The second-order valence-corrected chi connectivity index (χ2v) is 3.72. The van der Waals surface area contributed by atoms with Crippen molar-refractivity contribution in [1.29, 1.82) is 0 Å². The first-order valence-corrected chi connectivity index (χ1v) is 4.16. The molecular weight excluding hydrogens is 160 g/mol. The first-order chi connectivity index (χ1) is 4.48. The number of carboxylic acids is 1. The topological polar surface area (TPSA) is 88.5 Å². The zero-order valence-corrected chi connectivity index (χ0v) is 5.80. The molecule has 0 aromatic rings. The first kappa shape index (κ1) is 9.09. The van der Waals surface area contributed by atoms with Gasteiger partial charge in [0.25, 0.3) is 0 Å². The van der Waals surface area contributed by atoms with E-state index in [1.807, 2.05) is 0 Å². The van der Waals surface area contributed by atoms with Crippen LogP contribution in [0.1, 0.15) is 0 Å². The molecule has 0 aliphatic heterocycles. The van der Waals surface area contributed by atoms with Crippen molar-refractivity contribution in [2.45, 2.75) is 0 Å². The van der Waals surface area contributed by atoms with Crippen molar-refractivity contribution >= 4 is 22.1 Å². The average molecular weight is 166 g/mol. The third kappa shape index (κ3) is 4.02. The number of carbonyl (C=O) groups is 2. The minimum absolute atomic E-state index is 0.165. The average Bonchev–Trinajstić information content (AvgIpc) is 1.59. The summed E-state index contributed by atoms with van der Waals surface area (Å²) >= 11 is 0. The largest absolute Gasteiger partial charge is 0.480 e. The van der Waals surface area contributed by atoms with Crippen molar-refractivity contribution in [3.63, 3.8) is 0 Å². The second kappa shape index (κ2) is 3.31. The molecule has 0 unspecified atom stereocenters. The summed E-state index contributed by atoms with van der Waals surface area (Å²) in [5.74, 6) is -3.15. The number of hydrogen-bond acceptors (Lipinski definition) is 4. The smallest absolute Gasteiger partial charge is 0.318 e. The van der Waals surface area contributed by atoms with Crippen LogP contribution in [0.5, 0.6) is 0 Å². The van der Waals surface area contributed by atoms with Crippen molar-refractivity contribution in [3.8, 4) is 0 Å². The van der Waals surface area contributed by atoms with Crippen molar-refractivity contribution in [2.75, 3.05) is 11.5 Å². The van der Waals surface area contributed by atoms with Crippen LogP contribution in [0, 0.1) is 0 Å². The fourth-order valence-electron chi connectivity index (χ4n) is 0.351. The van der Waals surface area contributed by atoms with Gasteiger partial charge in [-0.25, -0.2) is 8.42 Å². The van der Waals surface area contributed by atoms with E-state index in [0.717, 1.165) is 0 Å². The van der Waals surface area contributed by atoms with Crippen molar-refractivity contribution in [2.24, 2.45) is 0 Å². The molecule has 6 heteroatoms. The van der Waals surface area contributed by atoms with Crippen molar-refractivity contribution in [3.05, 3.63) is 0 Å². The third-order valence-electron chi connectivity index (χ3n) is 0.665. The van der Waals surface area contributed by atoms with Crippen molar-refractivity contribution in [1.82, 2.24) is 0 Å². The Hall–Kier alpha value is -0.910. The third-order valence-corrected chi connectivity index (χ3v) is 2.00. The summed E-state index contributed by atoms with van der Waals surface area (Å²) in [5.41, 5.74) is 0. The minimum atomic E-state index is -3.70.